The number of amides is 1. The molecule has 0 saturated carbocycles. The van der Waals surface area contributed by atoms with Crippen molar-refractivity contribution >= 4 is 35.0 Å². The Bertz CT molecular complexity index is 655. The number of rotatable bonds is 3. The highest BCUT2D eigenvalue weighted by Gasteiger charge is 2.06. The third-order valence-electron chi connectivity index (χ3n) is 2.90. The fraction of sp³-hybridized carbons (Fsp3) is 0.125. The largest absolute Gasteiger partial charge is 0.465 e. The maximum atomic E-state index is 11.7. The van der Waals surface area contributed by atoms with E-state index in [9.17, 15) is 4.79 Å². The zero-order valence-electron chi connectivity index (χ0n) is 11.8. The van der Waals surface area contributed by atoms with Crippen LogP contribution in [0.1, 0.15) is 16.9 Å². The molecule has 5 heteroatoms. The van der Waals surface area contributed by atoms with E-state index in [1.54, 1.807) is 24.5 Å². The molecule has 1 aromatic heterocycles. The third kappa shape index (κ3) is 4.29. The van der Waals surface area contributed by atoms with E-state index in [1.807, 2.05) is 32.0 Å². The molecule has 108 valence electrons. The Balaban J connectivity index is 1.94. The lowest BCUT2D eigenvalue weighted by atomic mass is 10.1. The zero-order chi connectivity index (χ0) is 15.2. The molecule has 0 radical (unpaired) electrons. The van der Waals surface area contributed by atoms with E-state index in [1.165, 1.54) is 6.08 Å². The van der Waals surface area contributed by atoms with E-state index in [0.717, 1.165) is 16.8 Å². The van der Waals surface area contributed by atoms with Gasteiger partial charge in [-0.2, -0.15) is 0 Å². The SMILES string of the molecule is Cc1cccc(C)c1NC(=S)NC(=O)C=Cc1ccco1. The van der Waals surface area contributed by atoms with Gasteiger partial charge in [0.2, 0.25) is 5.91 Å². The minimum atomic E-state index is -0.310. The summed E-state index contributed by atoms with van der Waals surface area (Å²) in [4.78, 5) is 11.7. The number of carbonyl (C=O) groups excluding carboxylic acids is 1. The molecular weight excluding hydrogens is 284 g/mol. The van der Waals surface area contributed by atoms with Gasteiger partial charge >= 0.3 is 0 Å². The van der Waals surface area contributed by atoms with E-state index in [2.05, 4.69) is 10.6 Å². The van der Waals surface area contributed by atoms with Crippen molar-refractivity contribution in [1.82, 2.24) is 5.32 Å². The molecule has 0 saturated heterocycles. The van der Waals surface area contributed by atoms with Gasteiger partial charge in [0.15, 0.2) is 5.11 Å². The molecule has 2 N–H and O–H groups in total. The van der Waals surface area contributed by atoms with Crippen molar-refractivity contribution in [2.75, 3.05) is 5.32 Å². The highest BCUT2D eigenvalue weighted by Crippen LogP contribution is 2.19. The third-order valence-corrected chi connectivity index (χ3v) is 3.10. The van der Waals surface area contributed by atoms with Crippen molar-refractivity contribution in [2.24, 2.45) is 0 Å². The van der Waals surface area contributed by atoms with Crippen LogP contribution in [0.2, 0.25) is 0 Å². The average Bonchev–Trinajstić information content (AvgIpc) is 2.94. The first-order valence-electron chi connectivity index (χ1n) is 6.46. The van der Waals surface area contributed by atoms with Crippen molar-refractivity contribution in [3.8, 4) is 0 Å². The number of carbonyl (C=O) groups is 1. The molecule has 0 aliphatic carbocycles. The number of anilines is 1. The highest BCUT2D eigenvalue weighted by molar-refractivity contribution is 7.80. The first-order chi connectivity index (χ1) is 10.1. The molecule has 21 heavy (non-hydrogen) atoms. The van der Waals surface area contributed by atoms with Gasteiger partial charge in [-0.25, -0.2) is 0 Å². The van der Waals surface area contributed by atoms with Crippen molar-refractivity contribution in [2.45, 2.75) is 13.8 Å². The summed E-state index contributed by atoms with van der Waals surface area (Å²) < 4.78 is 5.10. The summed E-state index contributed by atoms with van der Waals surface area (Å²) in [5.74, 6) is 0.300. The average molecular weight is 300 g/mol. The standard InChI is InChI=1S/C16H16N2O2S/c1-11-5-3-6-12(2)15(11)18-16(21)17-14(19)9-8-13-7-4-10-20-13/h3-10H,1-2H3,(H2,17,18,19,21). The van der Waals surface area contributed by atoms with Crippen LogP contribution < -0.4 is 10.6 Å². The second-order valence-corrected chi connectivity index (χ2v) is 4.97. The van der Waals surface area contributed by atoms with Crippen LogP contribution in [-0.4, -0.2) is 11.0 Å². The van der Waals surface area contributed by atoms with Gasteiger partial charge in [0.05, 0.1) is 6.26 Å². The molecule has 4 nitrogen and oxygen atoms in total. The number of furan rings is 1. The van der Waals surface area contributed by atoms with Gasteiger partial charge in [-0.05, 0) is 55.4 Å². The number of para-hydroxylation sites is 1. The fourth-order valence-corrected chi connectivity index (χ4v) is 2.06. The second-order valence-electron chi connectivity index (χ2n) is 4.56. The van der Waals surface area contributed by atoms with Crippen LogP contribution in [0, 0.1) is 13.8 Å². The summed E-state index contributed by atoms with van der Waals surface area (Å²) in [5, 5.41) is 5.91. The van der Waals surface area contributed by atoms with Crippen LogP contribution in [0.15, 0.2) is 47.1 Å². The molecule has 1 amide bonds. The number of hydrogen-bond donors (Lipinski definition) is 2. The molecule has 2 aromatic rings. The van der Waals surface area contributed by atoms with Crippen molar-refractivity contribution in [3.63, 3.8) is 0 Å². The highest BCUT2D eigenvalue weighted by atomic mass is 32.1. The van der Waals surface area contributed by atoms with Gasteiger partial charge in [0, 0.05) is 11.8 Å². The lowest BCUT2D eigenvalue weighted by Crippen LogP contribution is -2.33. The molecule has 1 aromatic carbocycles. The van der Waals surface area contributed by atoms with E-state index in [0.29, 0.717) is 5.76 Å². The lowest BCUT2D eigenvalue weighted by Gasteiger charge is -2.13. The minimum absolute atomic E-state index is 0.265. The number of hydrogen-bond acceptors (Lipinski definition) is 3. The predicted molar refractivity (Wildman–Crippen MR) is 88.0 cm³/mol. The quantitative estimate of drug-likeness (QED) is 0.673. The maximum absolute atomic E-state index is 11.7. The molecule has 2 rings (SSSR count). The van der Waals surface area contributed by atoms with Crippen molar-refractivity contribution < 1.29 is 9.21 Å². The number of thiocarbonyl (C=S) groups is 1. The van der Waals surface area contributed by atoms with Gasteiger partial charge in [-0.15, -0.1) is 0 Å². The Labute approximate surface area is 128 Å². The topological polar surface area (TPSA) is 54.3 Å². The van der Waals surface area contributed by atoms with Gasteiger partial charge in [-0.1, -0.05) is 18.2 Å². The van der Waals surface area contributed by atoms with Gasteiger partial charge in [0.25, 0.3) is 0 Å². The zero-order valence-corrected chi connectivity index (χ0v) is 12.7. The van der Waals surface area contributed by atoms with Crippen LogP contribution in [0.5, 0.6) is 0 Å². The first kappa shape index (κ1) is 15.0. The van der Waals surface area contributed by atoms with Gasteiger partial charge in [0.1, 0.15) is 5.76 Å². The Morgan fingerprint density at radius 2 is 1.90 bits per heavy atom. The Hall–Kier alpha value is -2.40. The molecule has 0 unspecified atom stereocenters. The smallest absolute Gasteiger partial charge is 0.250 e. The van der Waals surface area contributed by atoms with Crippen LogP contribution in [0.4, 0.5) is 5.69 Å². The summed E-state index contributed by atoms with van der Waals surface area (Å²) in [7, 11) is 0. The minimum Gasteiger partial charge on any atom is -0.465 e. The van der Waals surface area contributed by atoms with E-state index < -0.39 is 0 Å². The molecule has 0 fully saturated rings. The second kappa shape index (κ2) is 6.85. The molecule has 0 atom stereocenters. The monoisotopic (exact) mass is 300 g/mol. The Morgan fingerprint density at radius 3 is 2.52 bits per heavy atom. The Morgan fingerprint density at radius 1 is 1.19 bits per heavy atom. The molecule has 1 heterocycles. The summed E-state index contributed by atoms with van der Waals surface area (Å²) in [6, 6.07) is 9.46. The molecule has 0 bridgehead atoms. The molecule has 0 spiro atoms. The summed E-state index contributed by atoms with van der Waals surface area (Å²) in [6.45, 7) is 3.97. The van der Waals surface area contributed by atoms with Crippen LogP contribution in [-0.2, 0) is 4.79 Å². The summed E-state index contributed by atoms with van der Waals surface area (Å²) in [5.41, 5.74) is 3.05. The molecular formula is C16H16N2O2S. The van der Waals surface area contributed by atoms with Crippen LogP contribution >= 0.6 is 12.2 Å². The van der Waals surface area contributed by atoms with Crippen LogP contribution in [0.25, 0.3) is 6.08 Å². The number of benzene rings is 1. The summed E-state index contributed by atoms with van der Waals surface area (Å²) >= 11 is 5.15. The normalized spacial score (nSPS) is 10.6. The van der Waals surface area contributed by atoms with Gasteiger partial charge in [-0.3, -0.25) is 10.1 Å². The fourth-order valence-electron chi connectivity index (χ4n) is 1.85. The molecule has 0 aliphatic heterocycles. The Kier molecular flexibility index (Phi) is 4.90. The van der Waals surface area contributed by atoms with Crippen molar-refractivity contribution in [3.05, 3.63) is 59.6 Å². The van der Waals surface area contributed by atoms with E-state index in [4.69, 9.17) is 16.6 Å². The van der Waals surface area contributed by atoms with Gasteiger partial charge < -0.3 is 9.73 Å². The number of nitrogens with one attached hydrogen (secondary N) is 2. The van der Waals surface area contributed by atoms with E-state index in [-0.39, 0.29) is 11.0 Å². The predicted octanol–water partition coefficient (Wildman–Crippen LogP) is 3.42. The molecule has 0 aliphatic rings. The number of aryl methyl sites for hydroxylation is 2. The van der Waals surface area contributed by atoms with E-state index >= 15 is 0 Å². The van der Waals surface area contributed by atoms with Crippen molar-refractivity contribution in [1.29, 1.82) is 0 Å². The first-order valence-corrected chi connectivity index (χ1v) is 6.87. The maximum Gasteiger partial charge on any atom is 0.250 e. The summed E-state index contributed by atoms with van der Waals surface area (Å²) in [6.07, 6.45) is 4.50. The van der Waals surface area contributed by atoms with Crippen LogP contribution in [0.3, 0.4) is 0 Å². The lowest BCUT2D eigenvalue weighted by molar-refractivity contribution is -0.115.